The zero-order valence-electron chi connectivity index (χ0n) is 19.4. The van der Waals surface area contributed by atoms with Gasteiger partial charge in [0.15, 0.2) is 5.76 Å². The third-order valence-corrected chi connectivity index (χ3v) is 7.91. The van der Waals surface area contributed by atoms with Crippen LogP contribution in [0.1, 0.15) is 47.2 Å². The number of furan rings is 1. The number of carbonyl (C=O) groups is 2. The number of amides is 2. The van der Waals surface area contributed by atoms with Crippen LogP contribution in [0.2, 0.25) is 0 Å². The molecule has 1 aliphatic rings. The zero-order chi connectivity index (χ0) is 25.1. The number of aromatic nitrogens is 2. The quantitative estimate of drug-likeness (QED) is 0.213. The number of nitrogens with zero attached hydrogens (tertiary/aromatic N) is 3. The Morgan fingerprint density at radius 2 is 1.81 bits per heavy atom. The molecule has 2 aromatic heterocycles. The number of likely N-dealkylation sites (tertiary alicyclic amines) is 1. The Kier molecular flexibility index (Phi) is 7.44. The summed E-state index contributed by atoms with van der Waals surface area (Å²) < 4.78 is 13.0. The average molecular weight is 613 g/mol. The van der Waals surface area contributed by atoms with E-state index >= 15 is 0 Å². The molecule has 0 spiro atoms. The lowest BCUT2D eigenvalue weighted by Crippen LogP contribution is -2.43. The number of benzene rings is 2. The monoisotopic (exact) mass is 613 g/mol. The van der Waals surface area contributed by atoms with Gasteiger partial charge in [-0.15, -0.1) is 5.10 Å². The molecule has 5 rings (SSSR count). The van der Waals surface area contributed by atoms with Gasteiger partial charge < -0.3 is 14.6 Å². The molecular formula is C26H24IN5O3S. The van der Waals surface area contributed by atoms with Gasteiger partial charge in [-0.05, 0) is 31.0 Å². The van der Waals surface area contributed by atoms with Crippen LogP contribution in [0.15, 0.2) is 77.2 Å². The Labute approximate surface area is 226 Å². The van der Waals surface area contributed by atoms with E-state index in [2.05, 4.69) is 41.3 Å². The first-order chi connectivity index (χ1) is 17.5. The van der Waals surface area contributed by atoms with Crippen LogP contribution in [-0.2, 0) is 4.79 Å². The van der Waals surface area contributed by atoms with Crippen LogP contribution in [0.3, 0.4) is 0 Å². The van der Waals surface area contributed by atoms with E-state index < -0.39 is 6.04 Å². The van der Waals surface area contributed by atoms with Crippen LogP contribution < -0.4 is 8.85 Å². The van der Waals surface area contributed by atoms with Crippen LogP contribution in [0, 0.1) is 0 Å². The van der Waals surface area contributed by atoms with Crippen LogP contribution in [0.25, 0.3) is 11.3 Å². The van der Waals surface area contributed by atoms with E-state index in [1.165, 1.54) is 0 Å². The van der Waals surface area contributed by atoms with Crippen molar-refractivity contribution < 1.29 is 14.0 Å². The summed E-state index contributed by atoms with van der Waals surface area (Å²) in [6.45, 7) is 2.37. The Morgan fingerprint density at radius 3 is 2.53 bits per heavy atom. The van der Waals surface area contributed by atoms with Crippen molar-refractivity contribution in [2.75, 3.05) is 11.9 Å². The largest absolute Gasteiger partial charge is 0.454 e. The molecule has 3 heterocycles. The highest BCUT2D eigenvalue weighted by atomic mass is 127. The maximum Gasteiger partial charge on any atom is 0.290 e. The molecule has 8 nitrogen and oxygen atoms in total. The summed E-state index contributed by atoms with van der Waals surface area (Å²) in [5, 5.41) is 7.76. The van der Waals surface area contributed by atoms with Crippen molar-refractivity contribution in [1.82, 2.24) is 18.0 Å². The van der Waals surface area contributed by atoms with E-state index in [1.807, 2.05) is 67.6 Å². The van der Waals surface area contributed by atoms with Crippen LogP contribution in [-0.4, -0.2) is 38.9 Å². The van der Waals surface area contributed by atoms with Crippen molar-refractivity contribution in [1.29, 1.82) is 0 Å². The van der Waals surface area contributed by atoms with Gasteiger partial charge in [0.05, 0.1) is 6.04 Å². The number of rotatable bonds is 7. The maximum atomic E-state index is 13.6. The minimum Gasteiger partial charge on any atom is -0.454 e. The Balaban J connectivity index is 1.41. The van der Waals surface area contributed by atoms with E-state index in [0.717, 1.165) is 22.7 Å². The van der Waals surface area contributed by atoms with Crippen molar-refractivity contribution in [3.05, 3.63) is 89.9 Å². The van der Waals surface area contributed by atoms with Crippen molar-refractivity contribution in [3.63, 3.8) is 0 Å². The molecule has 0 radical (unpaired) electrons. The van der Waals surface area contributed by atoms with Gasteiger partial charge in [0.25, 0.3) is 5.91 Å². The van der Waals surface area contributed by atoms with Gasteiger partial charge in [0.2, 0.25) is 5.91 Å². The second kappa shape index (κ2) is 10.9. The minimum atomic E-state index is -0.665. The van der Waals surface area contributed by atoms with E-state index in [9.17, 15) is 9.59 Å². The van der Waals surface area contributed by atoms with Gasteiger partial charge in [-0.2, -0.15) is 0 Å². The summed E-state index contributed by atoms with van der Waals surface area (Å²) in [4.78, 5) is 28.8. The lowest BCUT2D eigenvalue weighted by Gasteiger charge is -2.22. The fraction of sp³-hybridized carbons (Fsp3) is 0.231. The molecule has 1 fully saturated rings. The van der Waals surface area contributed by atoms with Gasteiger partial charge in [-0.3, -0.25) is 13.1 Å². The molecular weight excluding hydrogens is 589 g/mol. The van der Waals surface area contributed by atoms with E-state index in [1.54, 1.807) is 17.0 Å². The van der Waals surface area contributed by atoms with E-state index in [-0.39, 0.29) is 29.5 Å². The highest BCUT2D eigenvalue weighted by Crippen LogP contribution is 2.35. The minimum absolute atomic E-state index is 0.0310. The lowest BCUT2D eigenvalue weighted by atomic mass is 9.96. The highest BCUT2D eigenvalue weighted by Gasteiger charge is 2.41. The normalized spacial score (nSPS) is 18.2. The third kappa shape index (κ3) is 5.06. The number of hydrogen-bond acceptors (Lipinski definition) is 7. The smallest absolute Gasteiger partial charge is 0.290 e. The molecule has 1 saturated heterocycles. The van der Waals surface area contributed by atoms with E-state index in [4.69, 9.17) is 4.42 Å². The molecule has 2 N–H and O–H groups in total. The third-order valence-electron chi connectivity index (χ3n) is 6.34. The summed E-state index contributed by atoms with van der Waals surface area (Å²) >= 11 is 3.17. The van der Waals surface area contributed by atoms with Gasteiger partial charge in [-0.25, -0.2) is 0 Å². The van der Waals surface area contributed by atoms with Crippen LogP contribution >= 0.6 is 34.4 Å². The Hall–Kier alpha value is -3.09. The Morgan fingerprint density at radius 1 is 1.08 bits per heavy atom. The number of nitrogens with one attached hydrogen (secondary N) is 2. The van der Waals surface area contributed by atoms with Crippen molar-refractivity contribution >= 4 is 51.2 Å². The van der Waals surface area contributed by atoms with Crippen molar-refractivity contribution in [2.45, 2.75) is 31.3 Å². The van der Waals surface area contributed by atoms with Crippen molar-refractivity contribution in [2.24, 2.45) is 0 Å². The summed E-state index contributed by atoms with van der Waals surface area (Å²) in [6, 6.07) is 22.3. The second-order valence-corrected chi connectivity index (χ2v) is 10.0. The summed E-state index contributed by atoms with van der Waals surface area (Å²) in [5.74, 6) is 0.351. The molecule has 3 atom stereocenters. The fourth-order valence-electron chi connectivity index (χ4n) is 4.42. The lowest BCUT2D eigenvalue weighted by molar-refractivity contribution is -0.119. The molecule has 36 heavy (non-hydrogen) atoms. The molecule has 10 heteroatoms. The Bertz CT molecular complexity index is 1340. The molecule has 0 bridgehead atoms. The highest BCUT2D eigenvalue weighted by molar-refractivity contribution is 14.1. The van der Waals surface area contributed by atoms with Gasteiger partial charge >= 0.3 is 0 Å². The van der Waals surface area contributed by atoms with Gasteiger partial charge in [-0.1, -0.05) is 65.2 Å². The molecule has 0 aliphatic carbocycles. The number of anilines is 1. The SMILES string of the molecule is C[C@H](NI)c1ccc(C(=O)N2C[C@@H](c3ccccc3)C[C@H]2C(=O)Nc2snnc2-c2ccccc2)o1. The molecule has 2 amide bonds. The fourth-order valence-corrected chi connectivity index (χ4v) is 5.33. The molecule has 0 unspecified atom stereocenters. The summed E-state index contributed by atoms with van der Waals surface area (Å²) in [7, 11) is 0. The second-order valence-electron chi connectivity index (χ2n) is 8.66. The first-order valence-corrected chi connectivity index (χ1v) is 13.4. The molecule has 1 aliphatic heterocycles. The molecule has 2 aromatic carbocycles. The maximum absolute atomic E-state index is 13.6. The number of hydrogen-bond donors (Lipinski definition) is 2. The first kappa shape index (κ1) is 24.6. The standard InChI is InChI=1S/C26H24IN5O3S/c1-16(29-27)21-12-13-22(35-21)26(34)32-15-19(17-8-4-2-5-9-17)14-20(32)24(33)28-25-23(30-31-36-25)18-10-6-3-7-11-18/h2-13,16,19-20,29H,14-15H2,1H3,(H,28,33)/t16-,19-,20-/m0/s1. The topological polar surface area (TPSA) is 100 Å². The average Bonchev–Trinajstić information content (AvgIpc) is 3.69. The summed E-state index contributed by atoms with van der Waals surface area (Å²) in [6.07, 6.45) is 0.508. The predicted octanol–water partition coefficient (Wildman–Crippen LogP) is 5.44. The molecule has 4 aromatic rings. The predicted molar refractivity (Wildman–Crippen MR) is 147 cm³/mol. The molecule has 184 valence electrons. The van der Waals surface area contributed by atoms with Gasteiger partial charge in [0, 0.05) is 52.4 Å². The first-order valence-electron chi connectivity index (χ1n) is 11.6. The zero-order valence-corrected chi connectivity index (χ0v) is 22.4. The van der Waals surface area contributed by atoms with E-state index in [0.29, 0.717) is 29.4 Å². The van der Waals surface area contributed by atoms with Crippen LogP contribution in [0.5, 0.6) is 0 Å². The van der Waals surface area contributed by atoms with Crippen molar-refractivity contribution in [3.8, 4) is 11.3 Å². The molecule has 0 saturated carbocycles. The number of halogens is 1. The summed E-state index contributed by atoms with van der Waals surface area (Å²) in [5.41, 5.74) is 2.57. The van der Waals surface area contributed by atoms with Crippen LogP contribution in [0.4, 0.5) is 5.00 Å². The van der Waals surface area contributed by atoms with Gasteiger partial charge in [0.1, 0.15) is 22.5 Å². The number of carbonyl (C=O) groups excluding carboxylic acids is 2.